The maximum Gasteiger partial charge on any atom is 0.230 e. The van der Waals surface area contributed by atoms with Crippen LogP contribution in [0.2, 0.25) is 0 Å². The van der Waals surface area contributed by atoms with Crippen molar-refractivity contribution in [3.8, 4) is 0 Å². The van der Waals surface area contributed by atoms with E-state index in [0.29, 0.717) is 11.7 Å². The molecule has 1 aromatic carbocycles. The van der Waals surface area contributed by atoms with Crippen LogP contribution >= 0.6 is 11.8 Å². The van der Waals surface area contributed by atoms with Crippen molar-refractivity contribution in [1.29, 1.82) is 0 Å². The largest absolute Gasteiger partial charge is 0.352 e. The van der Waals surface area contributed by atoms with E-state index in [9.17, 15) is 4.79 Å². The monoisotopic (exact) mass is 342 g/mol. The predicted molar refractivity (Wildman–Crippen MR) is 94.2 cm³/mol. The van der Waals surface area contributed by atoms with Crippen molar-refractivity contribution in [3.63, 3.8) is 0 Å². The third kappa shape index (κ3) is 3.20. The lowest BCUT2D eigenvalue weighted by Crippen LogP contribution is -2.36. The fraction of sp³-hybridized carbons (Fsp3) is 0.500. The average molecular weight is 342 g/mol. The molecule has 1 fully saturated rings. The van der Waals surface area contributed by atoms with Gasteiger partial charge in [0.25, 0.3) is 0 Å². The highest BCUT2D eigenvalue weighted by Crippen LogP contribution is 2.39. The summed E-state index contributed by atoms with van der Waals surface area (Å²) in [6.07, 6.45) is 4.30. The molecule has 2 aliphatic carbocycles. The maximum atomic E-state index is 12.3. The maximum absolute atomic E-state index is 12.3. The number of thioether (sulfide) groups is 1. The van der Waals surface area contributed by atoms with Crippen molar-refractivity contribution in [2.75, 3.05) is 5.75 Å². The number of benzene rings is 1. The van der Waals surface area contributed by atoms with Gasteiger partial charge in [-0.2, -0.15) is 0 Å². The molecular formula is C18H22N4OS. The molecule has 2 aliphatic rings. The van der Waals surface area contributed by atoms with Crippen molar-refractivity contribution in [2.45, 2.75) is 56.3 Å². The molecule has 0 unspecified atom stereocenters. The van der Waals surface area contributed by atoms with Crippen molar-refractivity contribution >= 4 is 17.7 Å². The molecule has 24 heavy (non-hydrogen) atoms. The van der Waals surface area contributed by atoms with E-state index in [2.05, 4.69) is 51.3 Å². The molecule has 2 aromatic rings. The lowest BCUT2D eigenvalue weighted by molar-refractivity contribution is -0.119. The Morgan fingerprint density at radius 3 is 2.58 bits per heavy atom. The van der Waals surface area contributed by atoms with Gasteiger partial charge in [0, 0.05) is 18.5 Å². The van der Waals surface area contributed by atoms with E-state index < -0.39 is 0 Å². The van der Waals surface area contributed by atoms with Gasteiger partial charge in [0.15, 0.2) is 5.16 Å². The highest BCUT2D eigenvalue weighted by molar-refractivity contribution is 7.99. The summed E-state index contributed by atoms with van der Waals surface area (Å²) in [5, 5.41) is 12.6. The molecule has 4 rings (SSSR count). The molecule has 126 valence electrons. The highest BCUT2D eigenvalue weighted by atomic mass is 32.2. The second-order valence-corrected chi connectivity index (χ2v) is 7.53. The Morgan fingerprint density at radius 2 is 1.96 bits per heavy atom. The molecule has 0 aliphatic heterocycles. The third-order valence-electron chi connectivity index (χ3n) is 4.75. The van der Waals surface area contributed by atoms with Crippen LogP contribution in [0.5, 0.6) is 0 Å². The first kappa shape index (κ1) is 15.7. The Balaban J connectivity index is 1.31. The van der Waals surface area contributed by atoms with Crippen LogP contribution in [0.15, 0.2) is 29.4 Å². The molecule has 6 heteroatoms. The highest BCUT2D eigenvalue weighted by Gasteiger charge is 2.30. The zero-order valence-corrected chi connectivity index (χ0v) is 14.7. The summed E-state index contributed by atoms with van der Waals surface area (Å²) in [7, 11) is 0. The summed E-state index contributed by atoms with van der Waals surface area (Å²) in [4.78, 5) is 12.3. The number of fused-ring (bicyclic) bond motifs is 1. The molecule has 0 bridgehead atoms. The minimum atomic E-state index is 0.0800. The van der Waals surface area contributed by atoms with Gasteiger partial charge >= 0.3 is 0 Å². The van der Waals surface area contributed by atoms with E-state index in [1.807, 2.05) is 0 Å². The third-order valence-corrected chi connectivity index (χ3v) is 5.72. The van der Waals surface area contributed by atoms with Gasteiger partial charge < -0.3 is 9.88 Å². The Bertz CT molecular complexity index is 728. The van der Waals surface area contributed by atoms with Crippen LogP contribution in [-0.2, 0) is 24.2 Å². The summed E-state index contributed by atoms with van der Waals surface area (Å²) in [6, 6.07) is 8.65. The molecule has 1 heterocycles. The topological polar surface area (TPSA) is 59.8 Å². The SMILES string of the molecule is CCn1c(SCC(=O)NC2Cc3ccccc3C2)nnc1C1CC1. The zero-order valence-electron chi connectivity index (χ0n) is 13.9. The van der Waals surface area contributed by atoms with Crippen LogP contribution in [0.1, 0.15) is 42.6 Å². The molecule has 0 radical (unpaired) electrons. The van der Waals surface area contributed by atoms with Crippen LogP contribution in [0.4, 0.5) is 0 Å². The number of nitrogens with one attached hydrogen (secondary N) is 1. The number of hydrogen-bond donors (Lipinski definition) is 1. The number of carbonyl (C=O) groups is 1. The van der Waals surface area contributed by atoms with Crippen molar-refractivity contribution in [1.82, 2.24) is 20.1 Å². The van der Waals surface area contributed by atoms with E-state index in [1.165, 1.54) is 35.7 Å². The lowest BCUT2D eigenvalue weighted by atomic mass is 10.1. The summed E-state index contributed by atoms with van der Waals surface area (Å²) < 4.78 is 2.15. The van der Waals surface area contributed by atoms with E-state index in [4.69, 9.17) is 0 Å². The number of hydrogen-bond acceptors (Lipinski definition) is 4. The average Bonchev–Trinajstić information content (AvgIpc) is 3.21. The molecule has 1 saturated carbocycles. The van der Waals surface area contributed by atoms with Crippen LogP contribution in [0.25, 0.3) is 0 Å². The molecule has 1 aromatic heterocycles. The van der Waals surface area contributed by atoms with Crippen LogP contribution < -0.4 is 5.32 Å². The normalized spacial score (nSPS) is 17.0. The van der Waals surface area contributed by atoms with E-state index in [-0.39, 0.29) is 11.9 Å². The second kappa shape index (κ2) is 6.59. The number of rotatable bonds is 6. The molecule has 1 N–H and O–H groups in total. The fourth-order valence-corrected chi connectivity index (χ4v) is 4.23. The van der Waals surface area contributed by atoms with Crippen LogP contribution in [0, 0.1) is 0 Å². The van der Waals surface area contributed by atoms with Gasteiger partial charge in [-0.1, -0.05) is 36.0 Å². The van der Waals surface area contributed by atoms with Gasteiger partial charge in [-0.3, -0.25) is 4.79 Å². The number of carbonyl (C=O) groups excluding carboxylic acids is 1. The zero-order chi connectivity index (χ0) is 16.5. The Hall–Kier alpha value is -1.82. The van der Waals surface area contributed by atoms with Gasteiger partial charge in [0.05, 0.1) is 5.75 Å². The van der Waals surface area contributed by atoms with Gasteiger partial charge in [-0.25, -0.2) is 0 Å². The lowest BCUT2D eigenvalue weighted by Gasteiger charge is -2.12. The molecular weight excluding hydrogens is 320 g/mol. The smallest absolute Gasteiger partial charge is 0.230 e. The summed E-state index contributed by atoms with van der Waals surface area (Å²) in [5.41, 5.74) is 2.71. The van der Waals surface area contributed by atoms with Crippen molar-refractivity contribution in [2.24, 2.45) is 0 Å². The Labute approximate surface area is 146 Å². The first-order chi connectivity index (χ1) is 11.7. The van der Waals surface area contributed by atoms with E-state index in [0.717, 1.165) is 30.4 Å². The van der Waals surface area contributed by atoms with Crippen LogP contribution in [-0.4, -0.2) is 32.5 Å². The molecule has 0 spiro atoms. The summed E-state index contributed by atoms with van der Waals surface area (Å²) in [6.45, 7) is 2.97. The molecule has 5 nitrogen and oxygen atoms in total. The summed E-state index contributed by atoms with van der Waals surface area (Å²) in [5.74, 6) is 2.15. The second-order valence-electron chi connectivity index (χ2n) is 6.59. The van der Waals surface area contributed by atoms with Crippen molar-refractivity contribution in [3.05, 3.63) is 41.2 Å². The Morgan fingerprint density at radius 1 is 1.25 bits per heavy atom. The first-order valence-electron chi connectivity index (χ1n) is 8.66. The fourth-order valence-electron chi connectivity index (χ4n) is 3.41. The minimum absolute atomic E-state index is 0.0800. The predicted octanol–water partition coefficient (Wildman–Crippen LogP) is 2.55. The van der Waals surface area contributed by atoms with Gasteiger partial charge in [-0.05, 0) is 43.7 Å². The van der Waals surface area contributed by atoms with Crippen molar-refractivity contribution < 1.29 is 4.79 Å². The van der Waals surface area contributed by atoms with E-state index >= 15 is 0 Å². The first-order valence-corrected chi connectivity index (χ1v) is 9.65. The number of nitrogens with zero attached hydrogens (tertiary/aromatic N) is 3. The summed E-state index contributed by atoms with van der Waals surface area (Å²) >= 11 is 1.49. The van der Waals surface area contributed by atoms with E-state index in [1.54, 1.807) is 0 Å². The minimum Gasteiger partial charge on any atom is -0.352 e. The molecule has 0 saturated heterocycles. The molecule has 0 atom stereocenters. The standard InChI is InChI=1S/C18H22N4OS/c1-2-22-17(12-7-8-12)20-21-18(22)24-11-16(23)19-15-9-13-5-3-4-6-14(13)10-15/h3-6,12,15H,2,7-11H2,1H3,(H,19,23). The number of amides is 1. The van der Waals surface area contributed by atoms with Gasteiger partial charge in [0.1, 0.15) is 5.82 Å². The van der Waals surface area contributed by atoms with Gasteiger partial charge in [0.2, 0.25) is 5.91 Å². The van der Waals surface area contributed by atoms with Crippen LogP contribution in [0.3, 0.4) is 0 Å². The Kier molecular flexibility index (Phi) is 4.31. The quantitative estimate of drug-likeness (QED) is 0.820. The van der Waals surface area contributed by atoms with Gasteiger partial charge in [-0.15, -0.1) is 10.2 Å². The molecule has 1 amide bonds. The number of aromatic nitrogens is 3.